The van der Waals surface area contributed by atoms with Gasteiger partial charge in [0.15, 0.2) is 0 Å². The van der Waals surface area contributed by atoms with Gasteiger partial charge in [0.05, 0.1) is 23.8 Å². The largest absolute Gasteiger partial charge is 1.00 e. The minimum absolute atomic E-state index is 0. The van der Waals surface area contributed by atoms with Gasteiger partial charge >= 0.3 is 0 Å². The van der Waals surface area contributed by atoms with Gasteiger partial charge in [0.1, 0.15) is 11.2 Å². The molecule has 3 nitrogen and oxygen atoms in total. The minimum Gasteiger partial charge on any atom is -1.00 e. The number of anilines is 1. The second-order valence-corrected chi connectivity index (χ2v) is 7.86. The molecule has 0 radical (unpaired) electrons. The Morgan fingerprint density at radius 3 is 2.58 bits per heavy atom. The molecule has 2 aromatic rings. The van der Waals surface area contributed by atoms with Crippen molar-refractivity contribution in [2.75, 3.05) is 12.4 Å². The van der Waals surface area contributed by atoms with Gasteiger partial charge in [0, 0.05) is 17.0 Å². The summed E-state index contributed by atoms with van der Waals surface area (Å²) >= 11 is 12.0. The maximum Gasteiger partial charge on any atom is 0.254 e. The number of halogens is 3. The number of likely N-dealkylation sites (N-methyl/N-ethyl adjacent to an activating group) is 1. The summed E-state index contributed by atoms with van der Waals surface area (Å²) in [6.45, 7) is 4.42. The molecule has 2 aromatic carbocycles. The van der Waals surface area contributed by atoms with Crippen LogP contribution in [0.1, 0.15) is 25.0 Å². The molecule has 0 saturated carbocycles. The molecular weight excluding hydrogens is 391 g/mol. The van der Waals surface area contributed by atoms with Crippen LogP contribution in [0.2, 0.25) is 10.0 Å². The van der Waals surface area contributed by atoms with Crippen LogP contribution in [-0.2, 0) is 11.2 Å². The summed E-state index contributed by atoms with van der Waals surface area (Å²) in [6, 6.07) is 13.3. The Labute approximate surface area is 170 Å². The Morgan fingerprint density at radius 2 is 1.88 bits per heavy atom. The predicted octanol–water partition coefficient (Wildman–Crippen LogP) is 0.826. The van der Waals surface area contributed by atoms with E-state index in [0.717, 1.165) is 17.7 Å². The topological polar surface area (TPSA) is 33.5 Å². The van der Waals surface area contributed by atoms with Gasteiger partial charge in [-0.3, -0.25) is 9.69 Å². The normalized spacial score (nSPS) is 19.4. The van der Waals surface area contributed by atoms with Gasteiger partial charge in [0.25, 0.3) is 5.91 Å². The molecule has 0 spiro atoms. The molecule has 0 aromatic heterocycles. The Bertz CT molecular complexity index is 862. The molecule has 138 valence electrons. The smallest absolute Gasteiger partial charge is 0.254 e. The molecule has 0 aliphatic carbocycles. The third-order valence-electron chi connectivity index (χ3n) is 4.82. The molecular formula is C20H21Cl3N2O. The maximum absolute atomic E-state index is 12.6. The van der Waals surface area contributed by atoms with Gasteiger partial charge in [-0.2, -0.15) is 0 Å². The fourth-order valence-corrected chi connectivity index (χ4v) is 3.64. The lowest BCUT2D eigenvalue weighted by Gasteiger charge is -2.38. The highest BCUT2D eigenvalue weighted by Gasteiger charge is 2.38. The van der Waals surface area contributed by atoms with Crippen LogP contribution in [0.4, 0.5) is 5.69 Å². The number of carbonyl (C=O) groups is 1. The van der Waals surface area contributed by atoms with Crippen molar-refractivity contribution in [1.82, 2.24) is 0 Å². The van der Waals surface area contributed by atoms with Gasteiger partial charge in [-0.05, 0) is 43.7 Å². The van der Waals surface area contributed by atoms with Gasteiger partial charge in [-0.15, -0.1) is 0 Å². The number of carbonyl (C=O) groups excluding carboxylic acids is 1. The standard InChI is InChI=1S/C20H20Cl2N2O.ClH/c1-20(2)12-13-6-4-5-7-15(13)18(24(20)3)11-19(25)23-17-9-8-14(21)10-16(17)22;/h4-11H,12H2,1-3H3,(H,23,25);1H. The number of quaternary nitrogens is 1. The first-order valence-corrected chi connectivity index (χ1v) is 8.94. The SMILES string of the molecule is C[NH+]1C(=CC(=O)Nc2ccc(Cl)cc2Cl)c2ccccc2CC1(C)C.[Cl-]. The molecule has 26 heavy (non-hydrogen) atoms. The number of hydrogen-bond donors (Lipinski definition) is 2. The Kier molecular flexibility index (Phi) is 6.41. The van der Waals surface area contributed by atoms with E-state index in [-0.39, 0.29) is 23.9 Å². The van der Waals surface area contributed by atoms with Gasteiger partial charge in [0.2, 0.25) is 0 Å². The zero-order valence-electron chi connectivity index (χ0n) is 14.9. The van der Waals surface area contributed by atoms with Gasteiger partial charge in [-0.25, -0.2) is 0 Å². The van der Waals surface area contributed by atoms with Crippen LogP contribution in [0.15, 0.2) is 48.5 Å². The summed E-state index contributed by atoms with van der Waals surface area (Å²) in [7, 11) is 2.10. The van der Waals surface area contributed by atoms with E-state index in [2.05, 4.69) is 38.3 Å². The molecule has 1 aliphatic heterocycles. The molecule has 1 atom stereocenters. The van der Waals surface area contributed by atoms with Crippen LogP contribution in [0.25, 0.3) is 5.70 Å². The molecule has 0 bridgehead atoms. The molecule has 3 rings (SSSR count). The predicted molar refractivity (Wildman–Crippen MR) is 104 cm³/mol. The summed E-state index contributed by atoms with van der Waals surface area (Å²) in [4.78, 5) is 13.8. The maximum atomic E-state index is 12.6. The van der Waals surface area contributed by atoms with Crippen molar-refractivity contribution in [3.63, 3.8) is 0 Å². The lowest BCUT2D eigenvalue weighted by atomic mass is 9.84. The van der Waals surface area contributed by atoms with Crippen molar-refractivity contribution in [3.05, 3.63) is 69.7 Å². The molecule has 6 heteroatoms. The third kappa shape index (κ3) is 4.24. The van der Waals surface area contributed by atoms with Crippen molar-refractivity contribution in [2.24, 2.45) is 0 Å². The molecule has 2 N–H and O–H groups in total. The van der Waals surface area contributed by atoms with E-state index in [1.807, 2.05) is 12.1 Å². The Balaban J connectivity index is 0.00000243. The van der Waals surface area contributed by atoms with Crippen molar-refractivity contribution in [2.45, 2.75) is 25.8 Å². The second-order valence-electron chi connectivity index (χ2n) is 7.01. The molecule has 1 heterocycles. The van der Waals surface area contributed by atoms with Crippen molar-refractivity contribution in [3.8, 4) is 0 Å². The fourth-order valence-electron chi connectivity index (χ4n) is 3.19. The first-order chi connectivity index (χ1) is 11.8. The number of rotatable bonds is 2. The van der Waals surface area contributed by atoms with Crippen LogP contribution < -0.4 is 22.6 Å². The molecule has 1 aliphatic rings. The second kappa shape index (κ2) is 8.01. The van der Waals surface area contributed by atoms with Crippen molar-refractivity contribution < 1.29 is 22.1 Å². The monoisotopic (exact) mass is 410 g/mol. The highest BCUT2D eigenvalue weighted by atomic mass is 35.5. The van der Waals surface area contributed by atoms with Gasteiger partial charge < -0.3 is 17.7 Å². The van der Waals surface area contributed by atoms with Crippen LogP contribution in [0.5, 0.6) is 0 Å². The number of nitrogens with one attached hydrogen (secondary N) is 2. The summed E-state index contributed by atoms with van der Waals surface area (Å²) in [5, 5.41) is 3.80. The van der Waals surface area contributed by atoms with Crippen LogP contribution >= 0.6 is 23.2 Å². The Hall–Kier alpha value is -1.52. The summed E-state index contributed by atoms with van der Waals surface area (Å²) < 4.78 is 0. The lowest BCUT2D eigenvalue weighted by molar-refractivity contribution is -0.860. The highest BCUT2D eigenvalue weighted by Crippen LogP contribution is 2.27. The summed E-state index contributed by atoms with van der Waals surface area (Å²) in [6.07, 6.45) is 2.64. The van der Waals surface area contributed by atoms with E-state index in [4.69, 9.17) is 23.2 Å². The first kappa shape index (κ1) is 20.8. The van der Waals surface area contributed by atoms with Gasteiger partial charge in [-0.1, -0.05) is 41.4 Å². The lowest BCUT2D eigenvalue weighted by Crippen LogP contribution is -3.15. The zero-order valence-corrected chi connectivity index (χ0v) is 17.1. The molecule has 0 fully saturated rings. The fraction of sp³-hybridized carbons (Fsp3) is 0.250. The van der Waals surface area contributed by atoms with Crippen LogP contribution in [-0.4, -0.2) is 18.5 Å². The van der Waals surface area contributed by atoms with E-state index >= 15 is 0 Å². The van der Waals surface area contributed by atoms with Crippen molar-refractivity contribution in [1.29, 1.82) is 0 Å². The van der Waals surface area contributed by atoms with E-state index in [9.17, 15) is 4.79 Å². The quantitative estimate of drug-likeness (QED) is 0.705. The van der Waals surface area contributed by atoms with E-state index in [1.54, 1.807) is 24.3 Å². The number of amides is 1. The number of hydrogen-bond acceptors (Lipinski definition) is 1. The first-order valence-electron chi connectivity index (χ1n) is 8.18. The third-order valence-corrected chi connectivity index (χ3v) is 5.37. The Morgan fingerprint density at radius 1 is 1.19 bits per heavy atom. The van der Waals surface area contributed by atoms with Crippen molar-refractivity contribution >= 4 is 40.5 Å². The average Bonchev–Trinajstić information content (AvgIpc) is 2.54. The van der Waals surface area contributed by atoms with Crippen LogP contribution in [0.3, 0.4) is 0 Å². The molecule has 0 saturated heterocycles. The summed E-state index contributed by atoms with van der Waals surface area (Å²) in [5.74, 6) is -0.203. The molecule has 1 unspecified atom stereocenters. The van der Waals surface area contributed by atoms with E-state index in [0.29, 0.717) is 15.7 Å². The van der Waals surface area contributed by atoms with E-state index in [1.165, 1.54) is 10.5 Å². The van der Waals surface area contributed by atoms with E-state index < -0.39 is 0 Å². The zero-order chi connectivity index (χ0) is 18.2. The number of fused-ring (bicyclic) bond motifs is 1. The van der Waals surface area contributed by atoms with Crippen LogP contribution in [0, 0.1) is 0 Å². The molecule has 1 amide bonds. The average molecular weight is 412 g/mol. The highest BCUT2D eigenvalue weighted by molar-refractivity contribution is 6.36. The minimum atomic E-state index is -0.203. The number of benzene rings is 2. The summed E-state index contributed by atoms with van der Waals surface area (Å²) in [5.41, 5.74) is 3.93.